The smallest absolute Gasteiger partial charge is 0.139 e. The van der Waals surface area contributed by atoms with Crippen LogP contribution >= 0.6 is 0 Å². The topological polar surface area (TPSA) is 38.3 Å². The van der Waals surface area contributed by atoms with Crippen LogP contribution in [0.25, 0.3) is 0 Å². The van der Waals surface area contributed by atoms with Crippen molar-refractivity contribution in [3.63, 3.8) is 0 Å². The number of benzene rings is 3. The van der Waals surface area contributed by atoms with E-state index in [0.717, 1.165) is 38.5 Å². The van der Waals surface area contributed by atoms with Crippen molar-refractivity contribution in [1.29, 1.82) is 0 Å². The minimum atomic E-state index is -0.448. The van der Waals surface area contributed by atoms with Gasteiger partial charge in [-0.15, -0.1) is 0 Å². The van der Waals surface area contributed by atoms with Crippen molar-refractivity contribution in [2.45, 2.75) is 19.1 Å². The lowest BCUT2D eigenvalue weighted by atomic mass is 9.96. The minimum Gasteiger partial charge on any atom is -0.491 e. The number of rotatable bonds is 8. The number of nitrogens with one attached hydrogen (secondary N) is 2. The van der Waals surface area contributed by atoms with Gasteiger partial charge in [-0.25, -0.2) is 0 Å². The lowest BCUT2D eigenvalue weighted by molar-refractivity contribution is -1.02. The first-order chi connectivity index (χ1) is 15.2. The van der Waals surface area contributed by atoms with E-state index in [1.807, 2.05) is 31.2 Å². The second-order valence-electron chi connectivity index (χ2n) is 8.65. The molecule has 4 nitrogen and oxygen atoms in total. The second kappa shape index (κ2) is 10.6. The summed E-state index contributed by atoms with van der Waals surface area (Å²) >= 11 is 0. The molecule has 162 valence electrons. The third kappa shape index (κ3) is 5.95. The number of aryl methyl sites for hydroxylation is 1. The van der Waals surface area contributed by atoms with Gasteiger partial charge in [-0.3, -0.25) is 0 Å². The zero-order chi connectivity index (χ0) is 21.5. The first kappa shape index (κ1) is 21.6. The molecule has 3 N–H and O–H groups in total. The SMILES string of the molecule is Cc1cccc(OC[C@H](O)C[NH+]2CC[NH+](C(c3ccccc3)c3ccccc3)CC2)c1. The van der Waals surface area contributed by atoms with Crippen LogP contribution in [0.15, 0.2) is 84.9 Å². The third-order valence-electron chi connectivity index (χ3n) is 6.23. The minimum absolute atomic E-state index is 0.347. The van der Waals surface area contributed by atoms with E-state index in [2.05, 4.69) is 60.7 Å². The molecule has 1 heterocycles. The Morgan fingerprint density at radius 3 is 2.00 bits per heavy atom. The van der Waals surface area contributed by atoms with Gasteiger partial charge in [0.1, 0.15) is 57.2 Å². The number of aliphatic hydroxyl groups excluding tert-OH is 1. The van der Waals surface area contributed by atoms with E-state index in [1.54, 1.807) is 4.90 Å². The Kier molecular flexibility index (Phi) is 7.36. The highest BCUT2D eigenvalue weighted by Gasteiger charge is 2.32. The first-order valence-electron chi connectivity index (χ1n) is 11.3. The van der Waals surface area contributed by atoms with E-state index in [9.17, 15) is 5.11 Å². The lowest BCUT2D eigenvalue weighted by Crippen LogP contribution is -3.28. The average molecular weight is 419 g/mol. The van der Waals surface area contributed by atoms with Crippen molar-refractivity contribution in [2.24, 2.45) is 0 Å². The van der Waals surface area contributed by atoms with Crippen molar-refractivity contribution in [1.82, 2.24) is 0 Å². The Morgan fingerprint density at radius 2 is 1.42 bits per heavy atom. The van der Waals surface area contributed by atoms with Crippen molar-refractivity contribution < 1.29 is 19.6 Å². The van der Waals surface area contributed by atoms with Crippen LogP contribution < -0.4 is 14.5 Å². The lowest BCUT2D eigenvalue weighted by Gasteiger charge is -2.35. The maximum atomic E-state index is 10.5. The summed E-state index contributed by atoms with van der Waals surface area (Å²) in [6.45, 7) is 7.44. The highest BCUT2D eigenvalue weighted by atomic mass is 16.5. The fourth-order valence-corrected chi connectivity index (χ4v) is 4.66. The highest BCUT2D eigenvalue weighted by molar-refractivity contribution is 5.29. The fraction of sp³-hybridized carbons (Fsp3) is 0.333. The van der Waals surface area contributed by atoms with E-state index in [0.29, 0.717) is 12.6 Å². The number of ether oxygens (including phenoxy) is 1. The maximum Gasteiger partial charge on any atom is 0.139 e. The van der Waals surface area contributed by atoms with Gasteiger partial charge in [0.25, 0.3) is 0 Å². The maximum absolute atomic E-state index is 10.5. The standard InChI is InChI=1S/C27H32N2O2/c1-22-9-8-14-26(19-22)31-21-25(30)20-28-15-17-29(18-16-28)27(23-10-4-2-5-11-23)24-12-6-3-7-13-24/h2-14,19,25,27,30H,15-18,20-21H2,1H3/p+2/t25-/m1/s1. The van der Waals surface area contributed by atoms with Gasteiger partial charge in [-0.1, -0.05) is 72.8 Å². The molecule has 1 aliphatic heterocycles. The molecule has 0 bridgehead atoms. The van der Waals surface area contributed by atoms with Gasteiger partial charge < -0.3 is 19.6 Å². The van der Waals surface area contributed by atoms with Crippen LogP contribution in [0.1, 0.15) is 22.7 Å². The summed E-state index contributed by atoms with van der Waals surface area (Å²) in [5.41, 5.74) is 3.92. The van der Waals surface area contributed by atoms with Gasteiger partial charge in [0, 0.05) is 11.1 Å². The summed E-state index contributed by atoms with van der Waals surface area (Å²) in [6.07, 6.45) is -0.448. The second-order valence-corrected chi connectivity index (χ2v) is 8.65. The zero-order valence-electron chi connectivity index (χ0n) is 18.3. The Balaban J connectivity index is 1.32. The van der Waals surface area contributed by atoms with Gasteiger partial charge in [-0.2, -0.15) is 0 Å². The zero-order valence-corrected chi connectivity index (χ0v) is 18.3. The molecule has 4 heteroatoms. The molecule has 3 aromatic rings. The van der Waals surface area contributed by atoms with Crippen LogP contribution in [-0.2, 0) is 0 Å². The van der Waals surface area contributed by atoms with E-state index in [-0.39, 0.29) is 0 Å². The van der Waals surface area contributed by atoms with E-state index in [4.69, 9.17) is 4.74 Å². The molecule has 31 heavy (non-hydrogen) atoms. The van der Waals surface area contributed by atoms with Gasteiger partial charge in [-0.05, 0) is 24.6 Å². The Morgan fingerprint density at radius 1 is 0.806 bits per heavy atom. The molecule has 0 unspecified atom stereocenters. The molecule has 0 radical (unpaired) electrons. The monoisotopic (exact) mass is 418 g/mol. The van der Waals surface area contributed by atoms with Gasteiger partial charge in [0.05, 0.1) is 0 Å². The predicted molar refractivity (Wildman–Crippen MR) is 124 cm³/mol. The molecule has 1 atom stereocenters. The van der Waals surface area contributed by atoms with E-state index >= 15 is 0 Å². The summed E-state index contributed by atoms with van der Waals surface area (Å²) in [5, 5.41) is 10.5. The average Bonchev–Trinajstić information content (AvgIpc) is 2.81. The number of quaternary nitrogens is 2. The predicted octanol–water partition coefficient (Wildman–Crippen LogP) is 1.31. The summed E-state index contributed by atoms with van der Waals surface area (Å²) in [5.74, 6) is 0.830. The van der Waals surface area contributed by atoms with Crippen LogP contribution in [0.3, 0.4) is 0 Å². The molecule has 1 aliphatic rings. The summed E-state index contributed by atoms with van der Waals surface area (Å²) in [4.78, 5) is 3.07. The van der Waals surface area contributed by atoms with Gasteiger partial charge in [0.2, 0.25) is 0 Å². The van der Waals surface area contributed by atoms with Crippen molar-refractivity contribution >= 4 is 0 Å². The molecule has 0 amide bonds. The van der Waals surface area contributed by atoms with E-state index in [1.165, 1.54) is 21.6 Å². The molecule has 0 aliphatic carbocycles. The van der Waals surface area contributed by atoms with Crippen molar-refractivity contribution in [2.75, 3.05) is 39.3 Å². The normalized spacial score (nSPS) is 19.8. The molecular formula is C27H34N2O2+2. The Hall–Kier alpha value is -2.66. The van der Waals surface area contributed by atoms with Crippen LogP contribution in [0.4, 0.5) is 0 Å². The van der Waals surface area contributed by atoms with Gasteiger partial charge >= 0.3 is 0 Å². The number of hydrogen-bond acceptors (Lipinski definition) is 2. The number of piperazine rings is 1. The number of aliphatic hydroxyl groups is 1. The summed E-state index contributed by atoms with van der Waals surface area (Å²) in [6, 6.07) is 30.1. The summed E-state index contributed by atoms with van der Waals surface area (Å²) in [7, 11) is 0. The number of hydrogen-bond donors (Lipinski definition) is 3. The van der Waals surface area contributed by atoms with Crippen LogP contribution in [0.2, 0.25) is 0 Å². The fourth-order valence-electron chi connectivity index (χ4n) is 4.66. The quantitative estimate of drug-likeness (QED) is 0.516. The van der Waals surface area contributed by atoms with Crippen LogP contribution in [0.5, 0.6) is 5.75 Å². The molecule has 4 rings (SSSR count). The van der Waals surface area contributed by atoms with Crippen molar-refractivity contribution in [3.05, 3.63) is 102 Å². The Labute approximate surface area is 185 Å². The Bertz CT molecular complexity index is 885. The summed E-state index contributed by atoms with van der Waals surface area (Å²) < 4.78 is 5.80. The molecule has 1 fully saturated rings. The highest BCUT2D eigenvalue weighted by Crippen LogP contribution is 2.18. The van der Waals surface area contributed by atoms with Crippen molar-refractivity contribution in [3.8, 4) is 5.75 Å². The molecular weight excluding hydrogens is 384 g/mol. The molecule has 0 spiro atoms. The largest absolute Gasteiger partial charge is 0.491 e. The third-order valence-corrected chi connectivity index (χ3v) is 6.23. The molecule has 0 saturated carbocycles. The van der Waals surface area contributed by atoms with E-state index < -0.39 is 6.10 Å². The van der Waals surface area contributed by atoms with Crippen LogP contribution in [0, 0.1) is 6.92 Å². The first-order valence-corrected chi connectivity index (χ1v) is 11.3. The van der Waals surface area contributed by atoms with Crippen LogP contribution in [-0.4, -0.2) is 50.5 Å². The molecule has 1 saturated heterocycles. The molecule has 0 aromatic heterocycles. The van der Waals surface area contributed by atoms with Gasteiger partial charge in [0.15, 0.2) is 0 Å². The molecule has 3 aromatic carbocycles.